The van der Waals surface area contributed by atoms with Crippen molar-refractivity contribution in [2.24, 2.45) is 0 Å². The molecule has 0 aliphatic heterocycles. The molecule has 0 aromatic heterocycles. The molecule has 0 saturated carbocycles. The summed E-state index contributed by atoms with van der Waals surface area (Å²) in [6.45, 7) is 4.16. The SMILES string of the molecule is CCOc1cc(NC(=O)c2ccccc2)c(OCC)cc1NC(=O)COc1ccccc1OC. The van der Waals surface area contributed by atoms with E-state index in [1.165, 1.54) is 7.11 Å². The highest BCUT2D eigenvalue weighted by atomic mass is 16.5. The van der Waals surface area contributed by atoms with Crippen LogP contribution in [0.3, 0.4) is 0 Å². The molecule has 3 rings (SSSR count). The first-order valence-electron chi connectivity index (χ1n) is 10.9. The number of rotatable bonds is 11. The minimum Gasteiger partial charge on any atom is -0.493 e. The summed E-state index contributed by atoms with van der Waals surface area (Å²) in [6.07, 6.45) is 0. The van der Waals surface area contributed by atoms with Crippen molar-refractivity contribution >= 4 is 23.2 Å². The Kier molecular flexibility index (Phi) is 8.73. The lowest BCUT2D eigenvalue weighted by Gasteiger charge is -2.18. The Morgan fingerprint density at radius 1 is 0.706 bits per heavy atom. The lowest BCUT2D eigenvalue weighted by Crippen LogP contribution is -2.21. The van der Waals surface area contributed by atoms with Crippen LogP contribution < -0.4 is 29.6 Å². The Morgan fingerprint density at radius 3 is 1.85 bits per heavy atom. The highest BCUT2D eigenvalue weighted by Crippen LogP contribution is 2.37. The summed E-state index contributed by atoms with van der Waals surface area (Å²) in [6, 6.07) is 19.2. The van der Waals surface area contributed by atoms with Gasteiger partial charge in [0.1, 0.15) is 11.5 Å². The Balaban J connectivity index is 1.79. The van der Waals surface area contributed by atoms with Crippen molar-refractivity contribution in [3.63, 3.8) is 0 Å². The summed E-state index contributed by atoms with van der Waals surface area (Å²) >= 11 is 0. The fourth-order valence-corrected chi connectivity index (χ4v) is 3.16. The van der Waals surface area contributed by atoms with E-state index >= 15 is 0 Å². The lowest BCUT2D eigenvalue weighted by molar-refractivity contribution is -0.118. The number of benzene rings is 3. The van der Waals surface area contributed by atoms with Crippen LogP contribution in [0.4, 0.5) is 11.4 Å². The number of ether oxygens (including phenoxy) is 4. The zero-order valence-corrected chi connectivity index (χ0v) is 19.4. The number of nitrogens with one attached hydrogen (secondary N) is 2. The van der Waals surface area contributed by atoms with E-state index in [1.807, 2.05) is 26.0 Å². The van der Waals surface area contributed by atoms with Gasteiger partial charge in [-0.3, -0.25) is 9.59 Å². The van der Waals surface area contributed by atoms with E-state index in [1.54, 1.807) is 54.6 Å². The first kappa shape index (κ1) is 24.4. The van der Waals surface area contributed by atoms with Gasteiger partial charge in [-0.15, -0.1) is 0 Å². The zero-order chi connectivity index (χ0) is 24.3. The van der Waals surface area contributed by atoms with Crippen molar-refractivity contribution in [3.05, 3.63) is 72.3 Å². The number of hydrogen-bond acceptors (Lipinski definition) is 6. The molecule has 0 spiro atoms. The highest BCUT2D eigenvalue weighted by molar-refractivity contribution is 6.05. The molecule has 0 atom stereocenters. The van der Waals surface area contributed by atoms with Crippen LogP contribution in [-0.2, 0) is 4.79 Å². The number of methoxy groups -OCH3 is 1. The normalized spacial score (nSPS) is 10.2. The average Bonchev–Trinajstić information content (AvgIpc) is 2.86. The number of carbonyl (C=O) groups excluding carboxylic acids is 2. The van der Waals surface area contributed by atoms with Crippen LogP contribution in [0.5, 0.6) is 23.0 Å². The molecule has 3 aromatic carbocycles. The average molecular weight is 465 g/mol. The third-order valence-electron chi connectivity index (χ3n) is 4.67. The van der Waals surface area contributed by atoms with Gasteiger partial charge in [-0.25, -0.2) is 0 Å². The van der Waals surface area contributed by atoms with Gasteiger partial charge in [-0.1, -0.05) is 30.3 Å². The smallest absolute Gasteiger partial charge is 0.262 e. The molecule has 0 aliphatic carbocycles. The topological polar surface area (TPSA) is 95.1 Å². The largest absolute Gasteiger partial charge is 0.493 e. The van der Waals surface area contributed by atoms with Crippen molar-refractivity contribution in [2.45, 2.75) is 13.8 Å². The van der Waals surface area contributed by atoms with E-state index < -0.39 is 5.91 Å². The van der Waals surface area contributed by atoms with Gasteiger partial charge >= 0.3 is 0 Å². The van der Waals surface area contributed by atoms with E-state index in [0.29, 0.717) is 53.2 Å². The molecule has 0 aliphatic rings. The van der Waals surface area contributed by atoms with Crippen molar-refractivity contribution in [1.29, 1.82) is 0 Å². The van der Waals surface area contributed by atoms with Crippen molar-refractivity contribution in [1.82, 2.24) is 0 Å². The molecule has 0 saturated heterocycles. The fraction of sp³-hybridized carbons (Fsp3) is 0.231. The summed E-state index contributed by atoms with van der Waals surface area (Å²) in [5.41, 5.74) is 1.34. The molecule has 2 N–H and O–H groups in total. The van der Waals surface area contributed by atoms with Gasteiger partial charge in [-0.05, 0) is 38.1 Å². The van der Waals surface area contributed by atoms with Crippen molar-refractivity contribution < 1.29 is 28.5 Å². The van der Waals surface area contributed by atoms with E-state index in [4.69, 9.17) is 18.9 Å². The van der Waals surface area contributed by atoms with Gasteiger partial charge in [0.15, 0.2) is 18.1 Å². The fourth-order valence-electron chi connectivity index (χ4n) is 3.16. The van der Waals surface area contributed by atoms with Crippen molar-refractivity contribution in [3.8, 4) is 23.0 Å². The quantitative estimate of drug-likeness (QED) is 0.425. The highest BCUT2D eigenvalue weighted by Gasteiger charge is 2.17. The number of carbonyl (C=O) groups is 2. The molecule has 0 heterocycles. The molecule has 0 bridgehead atoms. The third kappa shape index (κ3) is 6.41. The number of hydrogen-bond donors (Lipinski definition) is 2. The Labute approximate surface area is 198 Å². The molecular weight excluding hydrogens is 436 g/mol. The molecule has 8 nitrogen and oxygen atoms in total. The van der Waals surface area contributed by atoms with Crippen LogP contribution in [0.15, 0.2) is 66.7 Å². The van der Waals surface area contributed by atoms with Crippen LogP contribution in [0, 0.1) is 0 Å². The first-order chi connectivity index (χ1) is 16.5. The van der Waals surface area contributed by atoms with E-state index in [0.717, 1.165) is 0 Å². The second-order valence-corrected chi connectivity index (χ2v) is 7.02. The molecule has 2 amide bonds. The predicted octanol–water partition coefficient (Wildman–Crippen LogP) is 4.76. The standard InChI is InChI=1S/C26H28N2O6/c1-4-32-23-16-20(28-26(30)18-11-7-6-8-12-18)24(33-5-2)15-19(23)27-25(29)17-34-22-14-10-9-13-21(22)31-3/h6-16H,4-5,17H2,1-3H3,(H,27,29)(H,28,30). The minimum atomic E-state index is -0.393. The Hall–Kier alpha value is -4.20. The van der Waals surface area contributed by atoms with E-state index in [9.17, 15) is 9.59 Å². The maximum Gasteiger partial charge on any atom is 0.262 e. The molecule has 34 heavy (non-hydrogen) atoms. The minimum absolute atomic E-state index is 0.234. The van der Waals surface area contributed by atoms with Gasteiger partial charge < -0.3 is 29.6 Å². The summed E-state index contributed by atoms with van der Waals surface area (Å²) < 4.78 is 22.3. The lowest BCUT2D eigenvalue weighted by atomic mass is 10.2. The Morgan fingerprint density at radius 2 is 1.26 bits per heavy atom. The first-order valence-corrected chi connectivity index (χ1v) is 10.9. The molecule has 0 fully saturated rings. The molecule has 3 aromatic rings. The monoisotopic (exact) mass is 464 g/mol. The van der Waals surface area contributed by atoms with E-state index in [2.05, 4.69) is 10.6 Å². The number of amides is 2. The maximum atomic E-state index is 12.7. The zero-order valence-electron chi connectivity index (χ0n) is 19.4. The van der Waals surface area contributed by atoms with Gasteiger partial charge in [0.25, 0.3) is 11.8 Å². The van der Waals surface area contributed by atoms with Crippen LogP contribution in [0.25, 0.3) is 0 Å². The predicted molar refractivity (Wildman–Crippen MR) is 130 cm³/mol. The summed E-state index contributed by atoms with van der Waals surface area (Å²) in [7, 11) is 1.53. The van der Waals surface area contributed by atoms with Gasteiger partial charge in [-0.2, -0.15) is 0 Å². The molecule has 0 unspecified atom stereocenters. The number of para-hydroxylation sites is 2. The number of anilines is 2. The summed E-state index contributed by atoms with van der Waals surface area (Å²) in [5, 5.41) is 5.65. The van der Waals surface area contributed by atoms with Crippen LogP contribution >= 0.6 is 0 Å². The maximum absolute atomic E-state index is 12.7. The summed E-state index contributed by atoms with van der Waals surface area (Å²) in [5.74, 6) is 1.10. The summed E-state index contributed by atoms with van der Waals surface area (Å²) in [4.78, 5) is 25.3. The Bertz CT molecular complexity index is 1120. The molecule has 8 heteroatoms. The molecular formula is C26H28N2O6. The second-order valence-electron chi connectivity index (χ2n) is 7.02. The molecule has 178 valence electrons. The van der Waals surface area contributed by atoms with Gasteiger partial charge in [0, 0.05) is 17.7 Å². The van der Waals surface area contributed by atoms with Crippen LogP contribution in [0.2, 0.25) is 0 Å². The van der Waals surface area contributed by atoms with Gasteiger partial charge in [0.2, 0.25) is 0 Å². The third-order valence-corrected chi connectivity index (χ3v) is 4.67. The van der Waals surface area contributed by atoms with E-state index in [-0.39, 0.29) is 12.5 Å². The van der Waals surface area contributed by atoms with Crippen LogP contribution in [0.1, 0.15) is 24.2 Å². The molecule has 0 radical (unpaired) electrons. The van der Waals surface area contributed by atoms with Crippen LogP contribution in [-0.4, -0.2) is 38.7 Å². The second kappa shape index (κ2) is 12.2. The van der Waals surface area contributed by atoms with Crippen molar-refractivity contribution in [2.75, 3.05) is 37.6 Å². The van der Waals surface area contributed by atoms with Gasteiger partial charge in [0.05, 0.1) is 31.7 Å².